The Kier molecular flexibility index (Phi) is 5.38. The Balaban J connectivity index is 2.16. The average Bonchev–Trinajstić information content (AvgIpc) is 2.99. The van der Waals surface area contributed by atoms with Gasteiger partial charge in [-0.05, 0) is 11.6 Å². The van der Waals surface area contributed by atoms with Gasteiger partial charge in [0.25, 0.3) is 0 Å². The van der Waals surface area contributed by atoms with Gasteiger partial charge in [-0.1, -0.05) is 18.2 Å². The van der Waals surface area contributed by atoms with E-state index in [1.807, 2.05) is 0 Å². The molecule has 0 unspecified atom stereocenters. The highest BCUT2D eigenvalue weighted by Crippen LogP contribution is 2.32. The van der Waals surface area contributed by atoms with Gasteiger partial charge in [-0.25, -0.2) is 4.98 Å². The Morgan fingerprint density at radius 2 is 2.04 bits per heavy atom. The molecule has 8 heteroatoms. The van der Waals surface area contributed by atoms with Crippen molar-refractivity contribution in [3.8, 4) is 0 Å². The molecule has 0 saturated heterocycles. The number of amides is 1. The zero-order valence-corrected chi connectivity index (χ0v) is 12.2. The molecular formula is C15H16F3N3O2. The number of carbonyl (C=O) groups is 1. The maximum absolute atomic E-state index is 13.0. The minimum Gasteiger partial charge on any atom is -0.395 e. The number of imidazole rings is 1. The number of aliphatic hydroxyl groups excluding tert-OH is 1. The number of halogens is 3. The van der Waals surface area contributed by atoms with Crippen LogP contribution in [0.2, 0.25) is 0 Å². The third-order valence-corrected chi connectivity index (χ3v) is 3.28. The Morgan fingerprint density at radius 3 is 2.65 bits per heavy atom. The summed E-state index contributed by atoms with van der Waals surface area (Å²) in [5, 5.41) is 9.06. The molecule has 2 aromatic rings. The summed E-state index contributed by atoms with van der Waals surface area (Å²) in [6.45, 7) is -0.165. The number of aromatic nitrogens is 2. The molecule has 0 aliphatic carbocycles. The van der Waals surface area contributed by atoms with Gasteiger partial charge in [0.2, 0.25) is 5.91 Å². The molecule has 124 valence electrons. The zero-order valence-electron chi connectivity index (χ0n) is 12.2. The van der Waals surface area contributed by atoms with Crippen LogP contribution in [0.5, 0.6) is 0 Å². The van der Waals surface area contributed by atoms with E-state index in [0.29, 0.717) is 5.82 Å². The first kappa shape index (κ1) is 17.0. The van der Waals surface area contributed by atoms with Crippen molar-refractivity contribution in [1.29, 1.82) is 0 Å². The van der Waals surface area contributed by atoms with E-state index < -0.39 is 24.1 Å². The number of nitrogens with one attached hydrogen (secondary N) is 1. The normalized spacial score (nSPS) is 11.5. The van der Waals surface area contributed by atoms with Crippen molar-refractivity contribution in [2.24, 2.45) is 0 Å². The first-order chi connectivity index (χ1) is 10.9. The Labute approximate surface area is 130 Å². The van der Waals surface area contributed by atoms with Crippen molar-refractivity contribution < 1.29 is 23.1 Å². The Morgan fingerprint density at radius 1 is 1.30 bits per heavy atom. The molecule has 1 heterocycles. The van der Waals surface area contributed by atoms with Gasteiger partial charge in [0.15, 0.2) is 0 Å². The van der Waals surface area contributed by atoms with Gasteiger partial charge in [0.05, 0.1) is 25.1 Å². The molecule has 1 aromatic heterocycles. The van der Waals surface area contributed by atoms with E-state index in [-0.39, 0.29) is 25.3 Å². The second-order valence-electron chi connectivity index (χ2n) is 4.91. The van der Waals surface area contributed by atoms with E-state index in [4.69, 9.17) is 5.11 Å². The van der Waals surface area contributed by atoms with Crippen molar-refractivity contribution in [1.82, 2.24) is 14.9 Å². The summed E-state index contributed by atoms with van der Waals surface area (Å²) < 4.78 is 38.9. The molecule has 0 saturated carbocycles. The molecule has 23 heavy (non-hydrogen) atoms. The number of carbonyl (C=O) groups excluding carboxylic acids is 1. The fourth-order valence-electron chi connectivity index (χ4n) is 2.20. The highest BCUT2D eigenvalue weighted by atomic mass is 19.4. The van der Waals surface area contributed by atoms with Gasteiger partial charge in [0.1, 0.15) is 5.82 Å². The van der Waals surface area contributed by atoms with Crippen molar-refractivity contribution >= 4 is 5.91 Å². The first-order valence-electron chi connectivity index (χ1n) is 6.94. The zero-order chi connectivity index (χ0) is 16.9. The molecule has 0 spiro atoms. The molecule has 0 fully saturated rings. The summed E-state index contributed by atoms with van der Waals surface area (Å²) in [7, 11) is 0. The van der Waals surface area contributed by atoms with Gasteiger partial charge in [-0.3, -0.25) is 4.79 Å². The highest BCUT2D eigenvalue weighted by Gasteiger charge is 2.33. The number of aliphatic hydroxyl groups is 1. The molecule has 1 aromatic carbocycles. The maximum Gasteiger partial charge on any atom is 0.416 e. The molecule has 0 radical (unpaired) electrons. The lowest BCUT2D eigenvalue weighted by atomic mass is 10.0. The number of benzene rings is 1. The summed E-state index contributed by atoms with van der Waals surface area (Å²) in [6.07, 6.45) is -1.82. The summed E-state index contributed by atoms with van der Waals surface area (Å²) in [6, 6.07) is 4.97. The summed E-state index contributed by atoms with van der Waals surface area (Å²) in [4.78, 5) is 20.4. The van der Waals surface area contributed by atoms with E-state index in [1.54, 1.807) is 6.20 Å². The van der Waals surface area contributed by atoms with E-state index in [0.717, 1.165) is 6.07 Å². The predicted molar refractivity (Wildman–Crippen MR) is 76.2 cm³/mol. The fourth-order valence-corrected chi connectivity index (χ4v) is 2.20. The molecular weight excluding hydrogens is 311 g/mol. The third kappa shape index (κ3) is 4.56. The van der Waals surface area contributed by atoms with Gasteiger partial charge >= 0.3 is 6.18 Å². The van der Waals surface area contributed by atoms with Crippen LogP contribution in [-0.2, 0) is 23.9 Å². The van der Waals surface area contributed by atoms with Gasteiger partial charge < -0.3 is 15.0 Å². The minimum atomic E-state index is -4.51. The lowest BCUT2D eigenvalue weighted by Crippen LogP contribution is -2.35. The van der Waals surface area contributed by atoms with Crippen LogP contribution in [0.15, 0.2) is 36.7 Å². The fraction of sp³-hybridized carbons (Fsp3) is 0.333. The van der Waals surface area contributed by atoms with Crippen LogP contribution in [0.1, 0.15) is 17.0 Å². The van der Waals surface area contributed by atoms with E-state index in [2.05, 4.69) is 9.97 Å². The van der Waals surface area contributed by atoms with Gasteiger partial charge in [-0.15, -0.1) is 0 Å². The average molecular weight is 327 g/mol. The molecule has 0 bridgehead atoms. The minimum absolute atomic E-state index is 0.0215. The lowest BCUT2D eigenvalue weighted by molar-refractivity contribution is -0.138. The number of alkyl halides is 3. The summed E-state index contributed by atoms with van der Waals surface area (Å²) in [5.41, 5.74) is -0.914. The van der Waals surface area contributed by atoms with Gasteiger partial charge in [-0.2, -0.15) is 13.2 Å². The molecule has 0 aliphatic heterocycles. The van der Waals surface area contributed by atoms with Crippen molar-refractivity contribution in [2.75, 3.05) is 13.2 Å². The van der Waals surface area contributed by atoms with Gasteiger partial charge in [0, 0.05) is 18.9 Å². The SMILES string of the molecule is O=C(Cc1ccccc1C(F)(F)F)N(CCO)Cc1ncc[nH]1. The number of rotatable bonds is 6. The Hall–Kier alpha value is -2.35. The van der Waals surface area contributed by atoms with Crippen molar-refractivity contribution in [2.45, 2.75) is 19.1 Å². The molecule has 5 nitrogen and oxygen atoms in total. The Bertz CT molecular complexity index is 642. The standard InChI is InChI=1S/C15H16F3N3O2/c16-15(17,18)12-4-2-1-3-11(12)9-14(23)21(7-8-22)10-13-19-5-6-20-13/h1-6,22H,7-10H2,(H,19,20). The van der Waals surface area contributed by atoms with Crippen molar-refractivity contribution in [3.63, 3.8) is 0 Å². The first-order valence-corrected chi connectivity index (χ1v) is 6.94. The number of hydrogen-bond acceptors (Lipinski definition) is 3. The van der Waals surface area contributed by atoms with Crippen LogP contribution < -0.4 is 0 Å². The largest absolute Gasteiger partial charge is 0.416 e. The monoisotopic (exact) mass is 327 g/mol. The maximum atomic E-state index is 13.0. The lowest BCUT2D eigenvalue weighted by Gasteiger charge is -2.21. The topological polar surface area (TPSA) is 69.2 Å². The number of hydrogen-bond donors (Lipinski definition) is 2. The van der Waals surface area contributed by atoms with E-state index in [1.165, 1.54) is 29.3 Å². The van der Waals surface area contributed by atoms with Crippen LogP contribution in [0.3, 0.4) is 0 Å². The van der Waals surface area contributed by atoms with E-state index >= 15 is 0 Å². The van der Waals surface area contributed by atoms with Crippen LogP contribution in [-0.4, -0.2) is 39.0 Å². The number of nitrogens with zero attached hydrogens (tertiary/aromatic N) is 2. The van der Waals surface area contributed by atoms with Crippen LogP contribution in [0.25, 0.3) is 0 Å². The second kappa shape index (κ2) is 7.28. The van der Waals surface area contributed by atoms with Crippen LogP contribution in [0, 0.1) is 0 Å². The smallest absolute Gasteiger partial charge is 0.395 e. The summed E-state index contributed by atoms with van der Waals surface area (Å²) >= 11 is 0. The predicted octanol–water partition coefficient (Wildman–Crippen LogP) is 1.99. The van der Waals surface area contributed by atoms with Crippen LogP contribution >= 0.6 is 0 Å². The number of H-pyrrole nitrogens is 1. The third-order valence-electron chi connectivity index (χ3n) is 3.28. The van der Waals surface area contributed by atoms with Crippen LogP contribution in [0.4, 0.5) is 13.2 Å². The highest BCUT2D eigenvalue weighted by molar-refractivity contribution is 5.79. The van der Waals surface area contributed by atoms with E-state index in [9.17, 15) is 18.0 Å². The molecule has 0 atom stereocenters. The molecule has 2 rings (SSSR count). The second-order valence-corrected chi connectivity index (χ2v) is 4.91. The quantitative estimate of drug-likeness (QED) is 0.852. The van der Waals surface area contributed by atoms with Crippen molar-refractivity contribution in [3.05, 3.63) is 53.6 Å². The molecule has 2 N–H and O–H groups in total. The number of aromatic amines is 1. The molecule has 1 amide bonds. The summed E-state index contributed by atoms with van der Waals surface area (Å²) in [5.74, 6) is -0.0111. The molecule has 0 aliphatic rings.